The molecule has 0 bridgehead atoms. The third-order valence-corrected chi connectivity index (χ3v) is 3.91. The number of ether oxygens (including phenoxy) is 1. The standard InChI is InChI=1S/C16H12F3N3O/c17-9-5-6-12-11(7-9)21-16-20-8-13(22(12)16)10-3-1-2-4-14(10)23-15(18)19/h1-7,13,15H,8H2,(H,20,21). The minimum atomic E-state index is -2.89. The second-order valence-electron chi connectivity index (χ2n) is 5.25. The fourth-order valence-corrected chi connectivity index (χ4v) is 3.00. The summed E-state index contributed by atoms with van der Waals surface area (Å²) in [6.07, 6.45) is 0. The van der Waals surface area contributed by atoms with Gasteiger partial charge in [-0.2, -0.15) is 8.78 Å². The molecule has 23 heavy (non-hydrogen) atoms. The Labute approximate surface area is 129 Å². The van der Waals surface area contributed by atoms with Crippen LogP contribution in [0, 0.1) is 5.82 Å². The van der Waals surface area contributed by atoms with Crippen LogP contribution < -0.4 is 10.1 Å². The topological polar surface area (TPSA) is 39.1 Å². The van der Waals surface area contributed by atoms with E-state index in [-0.39, 0.29) is 17.6 Å². The van der Waals surface area contributed by atoms with E-state index in [1.807, 2.05) is 4.57 Å². The van der Waals surface area contributed by atoms with Crippen LogP contribution in [-0.4, -0.2) is 22.7 Å². The van der Waals surface area contributed by atoms with Gasteiger partial charge in [-0.25, -0.2) is 9.37 Å². The number of halogens is 3. The Morgan fingerprint density at radius 2 is 2.04 bits per heavy atom. The van der Waals surface area contributed by atoms with Crippen LogP contribution in [0.2, 0.25) is 0 Å². The Morgan fingerprint density at radius 1 is 1.22 bits per heavy atom. The van der Waals surface area contributed by atoms with Crippen LogP contribution in [0.3, 0.4) is 0 Å². The van der Waals surface area contributed by atoms with Crippen molar-refractivity contribution in [1.82, 2.24) is 9.55 Å². The average molecular weight is 319 g/mol. The summed E-state index contributed by atoms with van der Waals surface area (Å²) in [5.74, 6) is 0.348. The molecular weight excluding hydrogens is 307 g/mol. The van der Waals surface area contributed by atoms with Crippen LogP contribution in [0.4, 0.5) is 19.1 Å². The summed E-state index contributed by atoms with van der Waals surface area (Å²) >= 11 is 0. The zero-order valence-electron chi connectivity index (χ0n) is 11.8. The summed E-state index contributed by atoms with van der Waals surface area (Å²) in [5, 5.41) is 3.12. The lowest BCUT2D eigenvalue weighted by Gasteiger charge is -2.17. The molecule has 1 aliphatic heterocycles. The maximum absolute atomic E-state index is 13.4. The van der Waals surface area contributed by atoms with Gasteiger partial charge in [0.2, 0.25) is 5.95 Å². The van der Waals surface area contributed by atoms with Gasteiger partial charge in [0, 0.05) is 18.2 Å². The zero-order chi connectivity index (χ0) is 16.0. The van der Waals surface area contributed by atoms with E-state index in [0.29, 0.717) is 23.6 Å². The number of imidazole rings is 1. The first-order chi connectivity index (χ1) is 11.1. The van der Waals surface area contributed by atoms with Gasteiger partial charge < -0.3 is 14.6 Å². The number of alkyl halides is 2. The third kappa shape index (κ3) is 2.28. The number of hydrogen-bond donors (Lipinski definition) is 1. The number of hydrogen-bond acceptors (Lipinski definition) is 3. The molecule has 0 spiro atoms. The summed E-state index contributed by atoms with van der Waals surface area (Å²) in [6.45, 7) is -2.39. The molecule has 3 aromatic rings. The van der Waals surface area contributed by atoms with E-state index in [0.717, 1.165) is 5.52 Å². The number of benzene rings is 2. The first kappa shape index (κ1) is 13.9. The highest BCUT2D eigenvalue weighted by Crippen LogP contribution is 2.37. The van der Waals surface area contributed by atoms with E-state index in [4.69, 9.17) is 0 Å². The molecule has 0 amide bonds. The monoisotopic (exact) mass is 319 g/mol. The van der Waals surface area contributed by atoms with E-state index in [9.17, 15) is 13.2 Å². The Hall–Kier alpha value is -2.70. The molecule has 2 heterocycles. The molecule has 0 fully saturated rings. The van der Waals surface area contributed by atoms with Crippen LogP contribution in [0.5, 0.6) is 5.75 Å². The molecule has 0 saturated carbocycles. The molecule has 1 aliphatic rings. The molecule has 4 nitrogen and oxygen atoms in total. The van der Waals surface area contributed by atoms with Gasteiger partial charge in [0.25, 0.3) is 0 Å². The molecule has 118 valence electrons. The smallest absolute Gasteiger partial charge is 0.387 e. The van der Waals surface area contributed by atoms with Gasteiger partial charge in [0.05, 0.1) is 17.1 Å². The summed E-state index contributed by atoms with van der Waals surface area (Å²) in [7, 11) is 0. The predicted octanol–water partition coefficient (Wildman–Crippen LogP) is 3.79. The number of para-hydroxylation sites is 1. The van der Waals surface area contributed by atoms with E-state index < -0.39 is 6.61 Å². The summed E-state index contributed by atoms with van der Waals surface area (Å²) in [5.41, 5.74) is 1.88. The van der Waals surface area contributed by atoms with Crippen molar-refractivity contribution < 1.29 is 17.9 Å². The average Bonchev–Trinajstić information content (AvgIpc) is 3.05. The Balaban J connectivity index is 1.84. The van der Waals surface area contributed by atoms with Crippen molar-refractivity contribution in [3.63, 3.8) is 0 Å². The molecule has 4 rings (SSSR count). The molecule has 7 heteroatoms. The van der Waals surface area contributed by atoms with Crippen molar-refractivity contribution in [2.24, 2.45) is 0 Å². The number of rotatable bonds is 3. The van der Waals surface area contributed by atoms with Crippen LogP contribution in [0.15, 0.2) is 42.5 Å². The quantitative estimate of drug-likeness (QED) is 0.798. The van der Waals surface area contributed by atoms with Gasteiger partial charge in [-0.05, 0) is 18.2 Å². The number of nitrogens with one attached hydrogen (secondary N) is 1. The van der Waals surface area contributed by atoms with Gasteiger partial charge in [0.15, 0.2) is 0 Å². The van der Waals surface area contributed by atoms with Crippen molar-refractivity contribution in [1.29, 1.82) is 0 Å². The molecule has 2 aromatic carbocycles. The Morgan fingerprint density at radius 3 is 2.87 bits per heavy atom. The number of aromatic nitrogens is 2. The molecule has 0 radical (unpaired) electrons. The highest BCUT2D eigenvalue weighted by atomic mass is 19.3. The van der Waals surface area contributed by atoms with Crippen LogP contribution in [0.1, 0.15) is 11.6 Å². The number of fused-ring (bicyclic) bond motifs is 3. The highest BCUT2D eigenvalue weighted by molar-refractivity contribution is 5.80. The zero-order valence-corrected chi connectivity index (χ0v) is 11.8. The normalized spacial score (nSPS) is 16.6. The minimum absolute atomic E-state index is 0.131. The van der Waals surface area contributed by atoms with E-state index in [1.165, 1.54) is 18.2 Å². The van der Waals surface area contributed by atoms with Crippen LogP contribution in [-0.2, 0) is 0 Å². The van der Waals surface area contributed by atoms with E-state index in [1.54, 1.807) is 24.3 Å². The van der Waals surface area contributed by atoms with Crippen molar-refractivity contribution in [2.75, 3.05) is 11.9 Å². The van der Waals surface area contributed by atoms with Gasteiger partial charge in [0.1, 0.15) is 11.6 Å². The molecule has 0 saturated heterocycles. The molecule has 1 unspecified atom stereocenters. The predicted molar refractivity (Wildman–Crippen MR) is 79.4 cm³/mol. The maximum atomic E-state index is 13.4. The second-order valence-corrected chi connectivity index (χ2v) is 5.25. The van der Waals surface area contributed by atoms with E-state index in [2.05, 4.69) is 15.0 Å². The Kier molecular flexibility index (Phi) is 3.14. The lowest BCUT2D eigenvalue weighted by Crippen LogP contribution is -2.13. The molecule has 1 N–H and O–H groups in total. The molecule has 1 aromatic heterocycles. The largest absolute Gasteiger partial charge is 0.434 e. The first-order valence-corrected chi connectivity index (χ1v) is 7.08. The molecule has 0 aliphatic carbocycles. The summed E-state index contributed by atoms with van der Waals surface area (Å²) in [6, 6.07) is 10.8. The maximum Gasteiger partial charge on any atom is 0.387 e. The first-order valence-electron chi connectivity index (χ1n) is 7.08. The van der Waals surface area contributed by atoms with Gasteiger partial charge >= 0.3 is 6.61 Å². The summed E-state index contributed by atoms with van der Waals surface area (Å²) < 4.78 is 45.1. The second kappa shape index (κ2) is 5.19. The molecular formula is C16H12F3N3O. The van der Waals surface area contributed by atoms with E-state index >= 15 is 0 Å². The Bertz CT molecular complexity index is 878. The fourth-order valence-electron chi connectivity index (χ4n) is 3.00. The van der Waals surface area contributed by atoms with Crippen molar-refractivity contribution in [3.05, 3.63) is 53.8 Å². The van der Waals surface area contributed by atoms with Crippen molar-refractivity contribution >= 4 is 17.0 Å². The third-order valence-electron chi connectivity index (χ3n) is 3.91. The SMILES string of the molecule is Fc1ccc2c(c1)nc1n2C(c2ccccc2OC(F)F)CN1. The number of anilines is 1. The molecule has 1 atom stereocenters. The van der Waals surface area contributed by atoms with Crippen LogP contribution >= 0.6 is 0 Å². The van der Waals surface area contributed by atoms with Crippen molar-refractivity contribution in [2.45, 2.75) is 12.7 Å². The minimum Gasteiger partial charge on any atom is -0.434 e. The van der Waals surface area contributed by atoms with Gasteiger partial charge in [-0.3, -0.25) is 0 Å². The van der Waals surface area contributed by atoms with Crippen LogP contribution in [0.25, 0.3) is 11.0 Å². The lowest BCUT2D eigenvalue weighted by atomic mass is 10.1. The van der Waals surface area contributed by atoms with Gasteiger partial charge in [-0.1, -0.05) is 18.2 Å². The van der Waals surface area contributed by atoms with Crippen molar-refractivity contribution in [3.8, 4) is 5.75 Å². The lowest BCUT2D eigenvalue weighted by molar-refractivity contribution is -0.0506. The fraction of sp³-hybridized carbons (Fsp3) is 0.188. The number of nitrogens with zero attached hydrogens (tertiary/aromatic N) is 2. The van der Waals surface area contributed by atoms with Gasteiger partial charge in [-0.15, -0.1) is 0 Å². The highest BCUT2D eigenvalue weighted by Gasteiger charge is 2.29. The summed E-state index contributed by atoms with van der Waals surface area (Å²) in [4.78, 5) is 4.34.